The molecule has 16 heavy (non-hydrogen) atoms. The predicted octanol–water partition coefficient (Wildman–Crippen LogP) is 1.19. The minimum absolute atomic E-state index is 0.198. The van der Waals surface area contributed by atoms with Crippen LogP contribution in [0, 0.1) is 11.8 Å². The Hall–Kier alpha value is -0.220. The molecular formula is C12H22N2OS. The molecule has 2 rings (SSSR count). The van der Waals surface area contributed by atoms with Crippen LogP contribution in [-0.2, 0) is 4.79 Å². The van der Waals surface area contributed by atoms with E-state index in [2.05, 4.69) is 31.0 Å². The van der Waals surface area contributed by atoms with Gasteiger partial charge in [-0.2, -0.15) is 11.8 Å². The Morgan fingerprint density at radius 3 is 2.31 bits per heavy atom. The van der Waals surface area contributed by atoms with E-state index in [0.29, 0.717) is 22.3 Å². The minimum Gasteiger partial charge on any atom is -0.340 e. The normalized spacial score (nSPS) is 33.3. The van der Waals surface area contributed by atoms with Gasteiger partial charge in [-0.15, -0.1) is 0 Å². The second kappa shape index (κ2) is 4.96. The van der Waals surface area contributed by atoms with Crippen LogP contribution in [0.3, 0.4) is 0 Å². The Balaban J connectivity index is 1.92. The lowest BCUT2D eigenvalue weighted by Crippen LogP contribution is -2.53. The summed E-state index contributed by atoms with van der Waals surface area (Å²) in [5, 5.41) is 4.41. The van der Waals surface area contributed by atoms with E-state index >= 15 is 0 Å². The fraction of sp³-hybridized carbons (Fsp3) is 0.917. The Morgan fingerprint density at radius 1 is 1.31 bits per heavy atom. The summed E-state index contributed by atoms with van der Waals surface area (Å²) in [6.45, 7) is 10.4. The van der Waals surface area contributed by atoms with Crippen LogP contribution in [0.2, 0.25) is 0 Å². The topological polar surface area (TPSA) is 32.3 Å². The first-order chi connectivity index (χ1) is 7.58. The van der Waals surface area contributed by atoms with Crippen molar-refractivity contribution < 1.29 is 4.79 Å². The molecule has 2 saturated heterocycles. The maximum atomic E-state index is 12.3. The van der Waals surface area contributed by atoms with Gasteiger partial charge in [-0.1, -0.05) is 20.8 Å². The van der Waals surface area contributed by atoms with Gasteiger partial charge in [-0.3, -0.25) is 4.79 Å². The second-order valence-electron chi connectivity index (χ2n) is 5.21. The van der Waals surface area contributed by atoms with Crippen LogP contribution in [0.25, 0.3) is 0 Å². The number of hydrogen-bond donors (Lipinski definition) is 1. The number of carbonyl (C=O) groups is 1. The molecule has 1 N–H and O–H groups in total. The Morgan fingerprint density at radius 2 is 1.88 bits per heavy atom. The van der Waals surface area contributed by atoms with Gasteiger partial charge in [-0.05, 0) is 19.0 Å². The van der Waals surface area contributed by atoms with Gasteiger partial charge in [0.1, 0.15) is 0 Å². The van der Waals surface area contributed by atoms with Crippen LogP contribution in [0.4, 0.5) is 0 Å². The maximum absolute atomic E-state index is 12.3. The third-order valence-electron chi connectivity index (χ3n) is 3.64. The number of rotatable bonds is 2. The third-order valence-corrected chi connectivity index (χ3v) is 4.87. The van der Waals surface area contributed by atoms with Crippen LogP contribution in [0.5, 0.6) is 0 Å². The van der Waals surface area contributed by atoms with E-state index in [1.165, 1.54) is 0 Å². The molecule has 3 atom stereocenters. The zero-order chi connectivity index (χ0) is 11.7. The average Bonchev–Trinajstić information content (AvgIpc) is 2.12. The molecule has 92 valence electrons. The first-order valence-corrected chi connectivity index (χ1v) is 7.17. The molecule has 3 unspecified atom stereocenters. The number of thioether (sulfide) groups is 1. The van der Waals surface area contributed by atoms with Crippen molar-refractivity contribution in [3.63, 3.8) is 0 Å². The fourth-order valence-corrected chi connectivity index (χ4v) is 3.84. The summed E-state index contributed by atoms with van der Waals surface area (Å²) >= 11 is 2.00. The van der Waals surface area contributed by atoms with Gasteiger partial charge in [0.05, 0.1) is 0 Å². The van der Waals surface area contributed by atoms with E-state index < -0.39 is 0 Å². The molecule has 0 bridgehead atoms. The largest absolute Gasteiger partial charge is 0.340 e. The molecular weight excluding hydrogens is 220 g/mol. The van der Waals surface area contributed by atoms with E-state index in [-0.39, 0.29) is 5.92 Å². The summed E-state index contributed by atoms with van der Waals surface area (Å²) in [6, 6.07) is 0. The molecule has 4 heteroatoms. The van der Waals surface area contributed by atoms with Crippen molar-refractivity contribution in [3.05, 3.63) is 0 Å². The molecule has 2 fully saturated rings. The van der Waals surface area contributed by atoms with Gasteiger partial charge in [-0.25, -0.2) is 0 Å². The SMILES string of the molecule is CC1CN(C(=O)C(C)C2CNC2)CC(C)S1. The Labute approximate surface area is 102 Å². The first-order valence-electron chi connectivity index (χ1n) is 6.23. The van der Waals surface area contributed by atoms with Gasteiger partial charge >= 0.3 is 0 Å². The van der Waals surface area contributed by atoms with Gasteiger partial charge in [0.15, 0.2) is 0 Å². The summed E-state index contributed by atoms with van der Waals surface area (Å²) in [7, 11) is 0. The zero-order valence-corrected chi connectivity index (χ0v) is 11.2. The lowest BCUT2D eigenvalue weighted by molar-refractivity contribution is -0.137. The molecule has 3 nitrogen and oxygen atoms in total. The predicted molar refractivity (Wildman–Crippen MR) is 68.6 cm³/mol. The quantitative estimate of drug-likeness (QED) is 0.789. The molecule has 0 spiro atoms. The molecule has 0 aliphatic carbocycles. The van der Waals surface area contributed by atoms with Crippen molar-refractivity contribution in [2.45, 2.75) is 31.3 Å². The smallest absolute Gasteiger partial charge is 0.225 e. The molecule has 2 heterocycles. The zero-order valence-electron chi connectivity index (χ0n) is 10.4. The Kier molecular flexibility index (Phi) is 3.80. The number of hydrogen-bond acceptors (Lipinski definition) is 3. The minimum atomic E-state index is 0.198. The van der Waals surface area contributed by atoms with E-state index in [9.17, 15) is 4.79 Å². The van der Waals surface area contributed by atoms with E-state index in [0.717, 1.165) is 26.2 Å². The molecule has 0 aromatic rings. The summed E-state index contributed by atoms with van der Waals surface area (Å²) in [6.07, 6.45) is 0. The third kappa shape index (κ3) is 2.54. The number of nitrogens with zero attached hydrogens (tertiary/aromatic N) is 1. The van der Waals surface area contributed by atoms with Crippen molar-refractivity contribution in [2.75, 3.05) is 26.2 Å². The first kappa shape index (κ1) is 12.2. The van der Waals surface area contributed by atoms with Crippen molar-refractivity contribution in [2.24, 2.45) is 11.8 Å². The Bertz CT molecular complexity index is 258. The van der Waals surface area contributed by atoms with Gasteiger partial charge in [0.25, 0.3) is 0 Å². The van der Waals surface area contributed by atoms with Crippen molar-refractivity contribution >= 4 is 17.7 Å². The molecule has 2 aliphatic heterocycles. The number of amides is 1. The van der Waals surface area contributed by atoms with Gasteiger partial charge < -0.3 is 10.2 Å². The van der Waals surface area contributed by atoms with Crippen molar-refractivity contribution in [1.82, 2.24) is 10.2 Å². The van der Waals surface area contributed by atoms with Crippen LogP contribution >= 0.6 is 11.8 Å². The van der Waals surface area contributed by atoms with E-state index in [1.807, 2.05) is 11.8 Å². The number of nitrogens with one attached hydrogen (secondary N) is 1. The van der Waals surface area contributed by atoms with Crippen LogP contribution in [0.15, 0.2) is 0 Å². The molecule has 0 radical (unpaired) electrons. The van der Waals surface area contributed by atoms with Gasteiger partial charge in [0.2, 0.25) is 5.91 Å². The highest BCUT2D eigenvalue weighted by molar-refractivity contribution is 8.00. The molecule has 0 saturated carbocycles. The summed E-state index contributed by atoms with van der Waals surface area (Å²) in [5.41, 5.74) is 0. The highest BCUT2D eigenvalue weighted by Crippen LogP contribution is 2.27. The van der Waals surface area contributed by atoms with Crippen LogP contribution < -0.4 is 5.32 Å². The van der Waals surface area contributed by atoms with Crippen LogP contribution in [-0.4, -0.2) is 47.5 Å². The van der Waals surface area contributed by atoms with Crippen LogP contribution in [0.1, 0.15) is 20.8 Å². The molecule has 0 aromatic heterocycles. The monoisotopic (exact) mass is 242 g/mol. The van der Waals surface area contributed by atoms with Crippen molar-refractivity contribution in [3.8, 4) is 0 Å². The van der Waals surface area contributed by atoms with E-state index in [1.54, 1.807) is 0 Å². The maximum Gasteiger partial charge on any atom is 0.225 e. The number of carbonyl (C=O) groups excluding carboxylic acids is 1. The van der Waals surface area contributed by atoms with Gasteiger partial charge in [0, 0.05) is 29.5 Å². The van der Waals surface area contributed by atoms with Crippen molar-refractivity contribution in [1.29, 1.82) is 0 Å². The van der Waals surface area contributed by atoms with E-state index in [4.69, 9.17) is 0 Å². The molecule has 2 aliphatic rings. The summed E-state index contributed by atoms with van der Waals surface area (Å²) < 4.78 is 0. The average molecular weight is 242 g/mol. The second-order valence-corrected chi connectivity index (χ2v) is 7.09. The summed E-state index contributed by atoms with van der Waals surface area (Å²) in [5.74, 6) is 1.13. The highest BCUT2D eigenvalue weighted by Gasteiger charge is 2.34. The summed E-state index contributed by atoms with van der Waals surface area (Å²) in [4.78, 5) is 14.4. The highest BCUT2D eigenvalue weighted by atomic mass is 32.2. The molecule has 0 aromatic carbocycles. The lowest BCUT2D eigenvalue weighted by Gasteiger charge is -2.39. The standard InChI is InChI=1S/C12H22N2OS/c1-8-6-14(7-9(2)16-8)12(15)10(3)11-4-13-5-11/h8-11,13H,4-7H2,1-3H3. The lowest BCUT2D eigenvalue weighted by atomic mass is 9.88. The fourth-order valence-electron chi connectivity index (χ4n) is 2.51. The molecule has 1 amide bonds.